The average Bonchev–Trinajstić information content (AvgIpc) is 3.02. The van der Waals surface area contributed by atoms with Crippen molar-refractivity contribution in [1.82, 2.24) is 0 Å². The summed E-state index contributed by atoms with van der Waals surface area (Å²) in [5.41, 5.74) is 2.43. The number of methoxy groups -OCH3 is 1. The van der Waals surface area contributed by atoms with Gasteiger partial charge in [0.15, 0.2) is 5.75 Å². The number of rotatable bonds is 4. The molecule has 0 radical (unpaired) electrons. The van der Waals surface area contributed by atoms with Crippen LogP contribution in [0.5, 0.6) is 17.2 Å². The molecule has 0 aliphatic heterocycles. The molecule has 0 bridgehead atoms. The molecule has 0 amide bonds. The van der Waals surface area contributed by atoms with Gasteiger partial charge in [0, 0.05) is 10.1 Å². The van der Waals surface area contributed by atoms with Crippen LogP contribution < -0.4 is 9.47 Å². The predicted molar refractivity (Wildman–Crippen MR) is 105 cm³/mol. The summed E-state index contributed by atoms with van der Waals surface area (Å²) >= 11 is 1.76. The molecular weight excluding hydrogens is 328 g/mol. The highest BCUT2D eigenvalue weighted by Crippen LogP contribution is 2.46. The summed E-state index contributed by atoms with van der Waals surface area (Å²) in [5, 5.41) is 1.14. The zero-order chi connectivity index (χ0) is 17.2. The van der Waals surface area contributed by atoms with Crippen LogP contribution in [0.4, 0.5) is 0 Å². The Hall–Kier alpha value is -2.78. The lowest BCUT2D eigenvalue weighted by Crippen LogP contribution is -1.87. The minimum absolute atomic E-state index is 0.803. The fourth-order valence-corrected chi connectivity index (χ4v) is 3.92. The lowest BCUT2D eigenvalue weighted by molar-refractivity contribution is 0.413. The molecule has 4 aromatic rings. The van der Waals surface area contributed by atoms with Crippen LogP contribution in [0.1, 0.15) is 5.56 Å². The molecule has 0 N–H and O–H groups in total. The highest BCUT2D eigenvalue weighted by atomic mass is 32.1. The number of aryl methyl sites for hydroxylation is 1. The van der Waals surface area contributed by atoms with Crippen LogP contribution in [0.15, 0.2) is 72.8 Å². The molecular formula is C22H18O2S. The fraction of sp³-hybridized carbons (Fsp3) is 0.0909. The summed E-state index contributed by atoms with van der Waals surface area (Å²) in [6, 6.07) is 24.6. The second kappa shape index (κ2) is 6.61. The maximum Gasteiger partial charge on any atom is 0.153 e. The van der Waals surface area contributed by atoms with E-state index in [-0.39, 0.29) is 0 Å². The first-order valence-electron chi connectivity index (χ1n) is 8.15. The van der Waals surface area contributed by atoms with Crippen molar-refractivity contribution in [2.24, 2.45) is 0 Å². The summed E-state index contributed by atoms with van der Waals surface area (Å²) < 4.78 is 12.8. The number of ether oxygens (including phenoxy) is 2. The van der Waals surface area contributed by atoms with Crippen LogP contribution in [0, 0.1) is 6.92 Å². The summed E-state index contributed by atoms with van der Waals surface area (Å²) in [6.07, 6.45) is 0. The van der Waals surface area contributed by atoms with Crippen LogP contribution >= 0.6 is 11.3 Å². The van der Waals surface area contributed by atoms with Crippen LogP contribution in [0.25, 0.3) is 20.5 Å². The van der Waals surface area contributed by atoms with Gasteiger partial charge in [-0.1, -0.05) is 42.0 Å². The average molecular weight is 346 g/mol. The minimum atomic E-state index is 0.803. The van der Waals surface area contributed by atoms with Crippen LogP contribution in [0.3, 0.4) is 0 Å². The Morgan fingerprint density at radius 2 is 1.44 bits per heavy atom. The third kappa shape index (κ3) is 3.11. The van der Waals surface area contributed by atoms with E-state index in [9.17, 15) is 0 Å². The molecule has 0 aliphatic carbocycles. The summed E-state index contributed by atoms with van der Waals surface area (Å²) in [4.78, 5) is 1.15. The fourth-order valence-electron chi connectivity index (χ4n) is 2.78. The quantitative estimate of drug-likeness (QED) is 0.410. The van der Waals surface area contributed by atoms with Gasteiger partial charge in [-0.2, -0.15) is 0 Å². The second-order valence-electron chi connectivity index (χ2n) is 5.90. The zero-order valence-electron chi connectivity index (χ0n) is 14.2. The maximum atomic E-state index is 6.30. The molecule has 2 nitrogen and oxygen atoms in total. The first-order chi connectivity index (χ1) is 12.2. The molecule has 124 valence electrons. The molecule has 3 heteroatoms. The third-order valence-corrected chi connectivity index (χ3v) is 5.34. The molecule has 25 heavy (non-hydrogen) atoms. The Labute approximate surface area is 151 Å². The Morgan fingerprint density at radius 3 is 2.16 bits per heavy atom. The smallest absolute Gasteiger partial charge is 0.153 e. The van der Waals surface area contributed by atoms with Gasteiger partial charge < -0.3 is 9.47 Å². The van der Waals surface area contributed by atoms with Crippen LogP contribution in [-0.4, -0.2) is 7.11 Å². The van der Waals surface area contributed by atoms with E-state index in [2.05, 4.69) is 55.5 Å². The predicted octanol–water partition coefficient (Wildman–Crippen LogP) is 6.68. The van der Waals surface area contributed by atoms with Gasteiger partial charge in [-0.15, -0.1) is 11.3 Å². The molecule has 0 aliphatic rings. The van der Waals surface area contributed by atoms with E-state index < -0.39 is 0 Å². The Kier molecular flexibility index (Phi) is 4.16. The molecule has 1 aromatic heterocycles. The van der Waals surface area contributed by atoms with Gasteiger partial charge in [0.05, 0.1) is 12.0 Å². The van der Waals surface area contributed by atoms with Crippen molar-refractivity contribution < 1.29 is 9.47 Å². The largest absolute Gasteiger partial charge is 0.497 e. The Bertz CT molecular complexity index is 999. The minimum Gasteiger partial charge on any atom is -0.497 e. The number of hydrogen-bond donors (Lipinski definition) is 0. The molecule has 0 saturated heterocycles. The zero-order valence-corrected chi connectivity index (χ0v) is 15.0. The van der Waals surface area contributed by atoms with E-state index >= 15 is 0 Å². The molecule has 1 heterocycles. The summed E-state index contributed by atoms with van der Waals surface area (Å²) in [5.74, 6) is 2.54. The third-order valence-electron chi connectivity index (χ3n) is 4.14. The molecule has 0 atom stereocenters. The van der Waals surface area contributed by atoms with E-state index in [0.29, 0.717) is 0 Å². The van der Waals surface area contributed by atoms with Crippen molar-refractivity contribution in [1.29, 1.82) is 0 Å². The van der Waals surface area contributed by atoms with Gasteiger partial charge >= 0.3 is 0 Å². The standard InChI is InChI=1S/C22H18O2S/c1-15-7-9-16(10-8-15)22-21(19-5-3-4-6-20(19)25-22)24-18-13-11-17(23-2)12-14-18/h3-14H,1-2H3. The van der Waals surface area contributed by atoms with Gasteiger partial charge in [-0.25, -0.2) is 0 Å². The number of benzene rings is 3. The highest BCUT2D eigenvalue weighted by Gasteiger charge is 2.16. The van der Waals surface area contributed by atoms with E-state index in [0.717, 1.165) is 27.5 Å². The topological polar surface area (TPSA) is 18.5 Å². The molecule has 3 aromatic carbocycles. The SMILES string of the molecule is COc1ccc(Oc2c(-c3ccc(C)cc3)sc3ccccc23)cc1. The van der Waals surface area contributed by atoms with Crippen molar-refractivity contribution in [3.05, 3.63) is 78.4 Å². The van der Waals surface area contributed by atoms with E-state index in [1.54, 1.807) is 18.4 Å². The van der Waals surface area contributed by atoms with Gasteiger partial charge in [-0.3, -0.25) is 0 Å². The Balaban J connectivity index is 1.82. The Morgan fingerprint density at radius 1 is 0.760 bits per heavy atom. The first kappa shape index (κ1) is 15.7. The van der Waals surface area contributed by atoms with Crippen molar-refractivity contribution in [2.75, 3.05) is 7.11 Å². The molecule has 0 saturated carbocycles. The van der Waals surface area contributed by atoms with Crippen molar-refractivity contribution >= 4 is 21.4 Å². The van der Waals surface area contributed by atoms with Gasteiger partial charge in [0.2, 0.25) is 0 Å². The van der Waals surface area contributed by atoms with Crippen LogP contribution in [0.2, 0.25) is 0 Å². The molecule has 0 spiro atoms. The van der Waals surface area contributed by atoms with E-state index in [4.69, 9.17) is 9.47 Å². The van der Waals surface area contributed by atoms with E-state index in [1.807, 2.05) is 24.3 Å². The monoisotopic (exact) mass is 346 g/mol. The first-order valence-corrected chi connectivity index (χ1v) is 8.97. The highest BCUT2D eigenvalue weighted by molar-refractivity contribution is 7.22. The van der Waals surface area contributed by atoms with Crippen molar-refractivity contribution in [2.45, 2.75) is 6.92 Å². The van der Waals surface area contributed by atoms with Gasteiger partial charge in [0.1, 0.15) is 11.5 Å². The second-order valence-corrected chi connectivity index (χ2v) is 6.95. The van der Waals surface area contributed by atoms with E-state index in [1.165, 1.54) is 15.8 Å². The number of thiophene rings is 1. The molecule has 0 fully saturated rings. The van der Waals surface area contributed by atoms with Crippen molar-refractivity contribution in [3.63, 3.8) is 0 Å². The maximum absolute atomic E-state index is 6.30. The lowest BCUT2D eigenvalue weighted by Gasteiger charge is -2.09. The van der Waals surface area contributed by atoms with Gasteiger partial charge in [-0.05, 0) is 48.9 Å². The normalized spacial score (nSPS) is 10.8. The lowest BCUT2D eigenvalue weighted by atomic mass is 10.1. The summed E-state index contributed by atoms with van der Waals surface area (Å²) in [7, 11) is 1.66. The van der Waals surface area contributed by atoms with Crippen LogP contribution in [-0.2, 0) is 0 Å². The number of fused-ring (bicyclic) bond motifs is 1. The molecule has 4 rings (SSSR count). The number of hydrogen-bond acceptors (Lipinski definition) is 3. The van der Waals surface area contributed by atoms with Gasteiger partial charge in [0.25, 0.3) is 0 Å². The van der Waals surface area contributed by atoms with Crippen molar-refractivity contribution in [3.8, 4) is 27.7 Å². The summed E-state index contributed by atoms with van der Waals surface area (Å²) in [6.45, 7) is 2.10. The molecule has 0 unspecified atom stereocenters.